The average Bonchev–Trinajstić information content (AvgIpc) is 2.80. The van der Waals surface area contributed by atoms with Gasteiger partial charge in [0, 0.05) is 14.1 Å². The van der Waals surface area contributed by atoms with E-state index >= 15 is 0 Å². The van der Waals surface area contributed by atoms with Gasteiger partial charge in [-0.25, -0.2) is 0 Å². The molecule has 3 nitrogen and oxygen atoms in total. The summed E-state index contributed by atoms with van der Waals surface area (Å²) in [4.78, 5) is 11.6. The number of carbonyl (C=O) groups is 1. The first kappa shape index (κ1) is 14.0. The summed E-state index contributed by atoms with van der Waals surface area (Å²) in [7, 11) is 0.330. The minimum atomic E-state index is -1.15. The first-order valence-electron chi connectivity index (χ1n) is 5.71. The molecule has 0 heterocycles. The van der Waals surface area contributed by atoms with Crippen molar-refractivity contribution in [2.75, 3.05) is 7.11 Å². The summed E-state index contributed by atoms with van der Waals surface area (Å²) in [5.74, 6) is 1.20. The Morgan fingerprint density at radius 3 is 2.25 bits per heavy atom. The normalized spacial score (nSPS) is 40.9. The fraction of sp³-hybridized carbons (Fsp3) is 0.909. The van der Waals surface area contributed by atoms with Gasteiger partial charge in [0.1, 0.15) is 0 Å². The van der Waals surface area contributed by atoms with E-state index in [9.17, 15) is 4.79 Å². The monoisotopic (exact) mass is 263 g/mol. The molecule has 2 fully saturated rings. The second-order valence-electron chi connectivity index (χ2n) is 6.08. The Morgan fingerprint density at radius 1 is 1.31 bits per heavy atom. The van der Waals surface area contributed by atoms with Crippen LogP contribution >= 0.6 is 12.4 Å². The molecule has 94 valence electrons. The molecule has 2 aliphatic rings. The summed E-state index contributed by atoms with van der Waals surface area (Å²) in [5.41, 5.74) is 6.85. The third-order valence-electron chi connectivity index (χ3n) is 4.12. The molecule has 0 radical (unpaired) electrons. The lowest BCUT2D eigenvalue weighted by Gasteiger charge is -2.23. The zero-order valence-electron chi connectivity index (χ0n) is 10.4. The highest BCUT2D eigenvalue weighted by molar-refractivity contribution is 6.78. The summed E-state index contributed by atoms with van der Waals surface area (Å²) < 4.78 is 4.86. The highest BCUT2D eigenvalue weighted by Crippen LogP contribution is 2.67. The molecule has 2 rings (SSSR count). The zero-order chi connectivity index (χ0) is 11.4. The molecule has 5 atom stereocenters. The van der Waals surface area contributed by atoms with E-state index in [1.165, 1.54) is 7.11 Å². The van der Waals surface area contributed by atoms with Crippen LogP contribution in [0, 0.1) is 17.8 Å². The van der Waals surface area contributed by atoms with E-state index in [0.717, 1.165) is 12.0 Å². The molecule has 2 N–H and O–H groups in total. The van der Waals surface area contributed by atoms with Crippen LogP contribution in [0.1, 0.15) is 6.42 Å². The number of methoxy groups -OCH3 is 1. The van der Waals surface area contributed by atoms with Crippen LogP contribution in [-0.2, 0) is 9.53 Å². The maximum atomic E-state index is 11.6. The number of nitrogens with two attached hydrogens (primary N) is 1. The Hall–Kier alpha value is -0.0631. The lowest BCUT2D eigenvalue weighted by atomic mass is 10.0. The Bertz CT molecular complexity index is 292. The topological polar surface area (TPSA) is 52.3 Å². The van der Waals surface area contributed by atoms with Gasteiger partial charge in [0.05, 0.1) is 13.0 Å². The third kappa shape index (κ3) is 2.03. The van der Waals surface area contributed by atoms with Crippen LogP contribution in [0.4, 0.5) is 0 Å². The van der Waals surface area contributed by atoms with Gasteiger partial charge in [-0.05, 0) is 23.8 Å². The van der Waals surface area contributed by atoms with Crippen LogP contribution in [0.25, 0.3) is 0 Å². The molecular weight excluding hydrogens is 242 g/mol. The number of carbonyl (C=O) groups excluding carboxylic acids is 1. The van der Waals surface area contributed by atoms with E-state index in [-0.39, 0.29) is 30.3 Å². The number of hydrogen-bond donors (Lipinski definition) is 1. The van der Waals surface area contributed by atoms with E-state index < -0.39 is 8.07 Å². The van der Waals surface area contributed by atoms with E-state index in [0.29, 0.717) is 11.8 Å². The van der Waals surface area contributed by atoms with E-state index in [1.54, 1.807) is 0 Å². The van der Waals surface area contributed by atoms with E-state index in [1.807, 2.05) is 0 Å². The predicted octanol–water partition coefficient (Wildman–Crippen LogP) is 1.88. The third-order valence-corrected chi connectivity index (χ3v) is 6.89. The molecule has 0 aromatic rings. The van der Waals surface area contributed by atoms with Crippen molar-refractivity contribution in [3.8, 4) is 0 Å². The molecule has 0 aromatic heterocycles. The van der Waals surface area contributed by atoms with Crippen LogP contribution in [0.15, 0.2) is 0 Å². The SMILES string of the molecule is COC(=O)[C@H]1C[C@@H](N)[C@@H]2C([Si](C)(C)C)[C@@H]21.Cl. The minimum Gasteiger partial charge on any atom is -0.469 e. The van der Waals surface area contributed by atoms with Crippen LogP contribution in [-0.4, -0.2) is 27.2 Å². The van der Waals surface area contributed by atoms with Gasteiger partial charge in [-0.2, -0.15) is 0 Å². The second kappa shape index (κ2) is 4.31. The number of halogens is 1. The summed E-state index contributed by atoms with van der Waals surface area (Å²) in [5, 5.41) is 0. The molecule has 0 saturated heterocycles. The molecule has 2 aliphatic carbocycles. The molecule has 1 unspecified atom stereocenters. The average molecular weight is 264 g/mol. The quantitative estimate of drug-likeness (QED) is 0.611. The van der Waals surface area contributed by atoms with Crippen molar-refractivity contribution < 1.29 is 9.53 Å². The van der Waals surface area contributed by atoms with Crippen molar-refractivity contribution in [1.29, 1.82) is 0 Å². The van der Waals surface area contributed by atoms with E-state index in [4.69, 9.17) is 10.5 Å². The minimum absolute atomic E-state index is 0. The molecule has 2 saturated carbocycles. The second-order valence-corrected chi connectivity index (χ2v) is 11.5. The first-order chi connectivity index (χ1) is 6.88. The number of fused-ring (bicyclic) bond motifs is 1. The molecule has 5 heteroatoms. The molecule has 16 heavy (non-hydrogen) atoms. The van der Waals surface area contributed by atoms with Crippen molar-refractivity contribution in [2.45, 2.75) is 37.6 Å². The highest BCUT2D eigenvalue weighted by Gasteiger charge is 2.67. The van der Waals surface area contributed by atoms with Crippen LogP contribution in [0.5, 0.6) is 0 Å². The fourth-order valence-electron chi connectivity index (χ4n) is 3.60. The molecule has 0 spiro atoms. The number of hydrogen-bond acceptors (Lipinski definition) is 3. The fourth-order valence-corrected chi connectivity index (χ4v) is 6.72. The summed E-state index contributed by atoms with van der Waals surface area (Å²) in [6.07, 6.45) is 0.836. The largest absolute Gasteiger partial charge is 0.469 e. The van der Waals surface area contributed by atoms with Gasteiger partial charge >= 0.3 is 5.97 Å². The van der Waals surface area contributed by atoms with E-state index in [2.05, 4.69) is 19.6 Å². The lowest BCUT2D eigenvalue weighted by Crippen LogP contribution is -2.32. The van der Waals surface area contributed by atoms with Crippen molar-refractivity contribution in [2.24, 2.45) is 23.5 Å². The van der Waals surface area contributed by atoms with Crippen molar-refractivity contribution >= 4 is 26.5 Å². The highest BCUT2D eigenvalue weighted by atomic mass is 35.5. The predicted molar refractivity (Wildman–Crippen MR) is 69.4 cm³/mol. The van der Waals surface area contributed by atoms with Crippen molar-refractivity contribution in [1.82, 2.24) is 0 Å². The van der Waals surface area contributed by atoms with Gasteiger partial charge < -0.3 is 10.5 Å². The van der Waals surface area contributed by atoms with Crippen molar-refractivity contribution in [3.05, 3.63) is 0 Å². The number of rotatable bonds is 2. The standard InChI is InChI=1S/C11H21NO2Si.ClH/c1-14-11(13)6-5-7(12)9-8(6)10(9)15(2,3)4;/h6-10H,5,12H2,1-4H3;1H/t6-,7+,8+,9-,10?;/m0./s1. The maximum Gasteiger partial charge on any atom is 0.309 e. The van der Waals surface area contributed by atoms with Crippen LogP contribution in [0.2, 0.25) is 25.2 Å². The molecule has 0 aromatic carbocycles. The van der Waals surface area contributed by atoms with Gasteiger partial charge in [0.25, 0.3) is 0 Å². The Balaban J connectivity index is 0.00000128. The number of ether oxygens (including phenoxy) is 1. The maximum absolute atomic E-state index is 11.6. The Labute approximate surface area is 105 Å². The summed E-state index contributed by atoms with van der Waals surface area (Å²) >= 11 is 0. The molecular formula is C11H22ClNO2Si. The van der Waals surface area contributed by atoms with Crippen molar-refractivity contribution in [3.63, 3.8) is 0 Å². The van der Waals surface area contributed by atoms with Gasteiger partial charge in [0.2, 0.25) is 0 Å². The van der Waals surface area contributed by atoms with Gasteiger partial charge in [-0.1, -0.05) is 19.6 Å². The van der Waals surface area contributed by atoms with Gasteiger partial charge in [-0.3, -0.25) is 4.79 Å². The summed E-state index contributed by atoms with van der Waals surface area (Å²) in [6.45, 7) is 7.12. The van der Waals surface area contributed by atoms with Gasteiger partial charge in [-0.15, -0.1) is 12.4 Å². The summed E-state index contributed by atoms with van der Waals surface area (Å²) in [6, 6.07) is 0.232. The zero-order valence-corrected chi connectivity index (χ0v) is 12.2. The van der Waals surface area contributed by atoms with Crippen LogP contribution < -0.4 is 5.73 Å². The van der Waals surface area contributed by atoms with Gasteiger partial charge in [0.15, 0.2) is 0 Å². The molecule has 0 bridgehead atoms. The Morgan fingerprint density at radius 2 is 1.88 bits per heavy atom. The first-order valence-corrected chi connectivity index (χ1v) is 9.29. The van der Waals surface area contributed by atoms with Crippen LogP contribution in [0.3, 0.4) is 0 Å². The Kier molecular flexibility index (Phi) is 3.77. The molecule has 0 amide bonds. The number of esters is 1. The molecule has 0 aliphatic heterocycles. The smallest absolute Gasteiger partial charge is 0.309 e. The lowest BCUT2D eigenvalue weighted by molar-refractivity contribution is -0.146.